The van der Waals surface area contributed by atoms with E-state index in [2.05, 4.69) is 5.32 Å². The lowest BCUT2D eigenvalue weighted by molar-refractivity contribution is -0.111. The zero-order chi connectivity index (χ0) is 18.4. The number of hydrogen-bond acceptors (Lipinski definition) is 4. The first-order valence-electron chi connectivity index (χ1n) is 8.02. The summed E-state index contributed by atoms with van der Waals surface area (Å²) in [7, 11) is -3.50. The molecule has 1 heterocycles. The Bertz CT molecular complexity index is 847. The number of rotatable bonds is 7. The van der Waals surface area contributed by atoms with Gasteiger partial charge in [-0.3, -0.25) is 4.79 Å². The fourth-order valence-electron chi connectivity index (χ4n) is 2.31. The number of carbonyl (C=O) groups is 1. The van der Waals surface area contributed by atoms with Gasteiger partial charge in [-0.15, -0.1) is 0 Å². The van der Waals surface area contributed by atoms with E-state index in [9.17, 15) is 13.2 Å². The first-order valence-corrected chi connectivity index (χ1v) is 9.46. The summed E-state index contributed by atoms with van der Waals surface area (Å²) in [5, 5.41) is 2.68. The van der Waals surface area contributed by atoms with E-state index in [1.54, 1.807) is 38.1 Å². The molecule has 0 bridgehead atoms. The van der Waals surface area contributed by atoms with Gasteiger partial charge in [0.1, 0.15) is 11.5 Å². The molecule has 1 aromatic carbocycles. The van der Waals surface area contributed by atoms with Gasteiger partial charge >= 0.3 is 0 Å². The molecule has 7 heteroatoms. The number of furan rings is 1. The van der Waals surface area contributed by atoms with E-state index in [1.165, 1.54) is 22.5 Å². The molecule has 0 radical (unpaired) electrons. The predicted octanol–water partition coefficient (Wildman–Crippen LogP) is 3.27. The average Bonchev–Trinajstić information content (AvgIpc) is 3.00. The molecule has 1 amide bonds. The van der Waals surface area contributed by atoms with Gasteiger partial charge in [0.15, 0.2) is 0 Å². The molecule has 0 aliphatic rings. The van der Waals surface area contributed by atoms with Crippen LogP contribution in [0.1, 0.15) is 25.4 Å². The zero-order valence-corrected chi connectivity index (χ0v) is 15.3. The van der Waals surface area contributed by atoms with Crippen molar-refractivity contribution in [1.82, 2.24) is 4.31 Å². The van der Waals surface area contributed by atoms with Gasteiger partial charge in [-0.25, -0.2) is 8.42 Å². The van der Waals surface area contributed by atoms with Crippen molar-refractivity contribution in [3.05, 3.63) is 54.0 Å². The normalized spacial score (nSPS) is 12.0. The average molecular weight is 362 g/mol. The summed E-state index contributed by atoms with van der Waals surface area (Å²) >= 11 is 0. The van der Waals surface area contributed by atoms with Crippen LogP contribution in [0.4, 0.5) is 5.69 Å². The quantitative estimate of drug-likeness (QED) is 0.767. The van der Waals surface area contributed by atoms with Gasteiger partial charge < -0.3 is 9.73 Å². The number of nitrogens with zero attached hydrogens (tertiary/aromatic N) is 1. The second-order valence-electron chi connectivity index (χ2n) is 5.38. The maximum absolute atomic E-state index is 12.4. The molecule has 0 atom stereocenters. The molecule has 0 spiro atoms. The fraction of sp³-hybridized carbons (Fsp3) is 0.278. The van der Waals surface area contributed by atoms with Crippen LogP contribution >= 0.6 is 0 Å². The van der Waals surface area contributed by atoms with Gasteiger partial charge in [0.2, 0.25) is 15.9 Å². The lowest BCUT2D eigenvalue weighted by Gasteiger charge is -2.18. The molecule has 0 saturated carbocycles. The van der Waals surface area contributed by atoms with Crippen molar-refractivity contribution in [2.45, 2.75) is 25.7 Å². The third-order valence-corrected chi connectivity index (χ3v) is 5.69. The minimum absolute atomic E-state index is 0.204. The Kier molecular flexibility index (Phi) is 6.17. The monoisotopic (exact) mass is 362 g/mol. The highest BCUT2D eigenvalue weighted by molar-refractivity contribution is 7.89. The second kappa shape index (κ2) is 8.13. The Hall–Kier alpha value is -2.38. The van der Waals surface area contributed by atoms with Crippen LogP contribution in [0, 0.1) is 6.92 Å². The van der Waals surface area contributed by atoms with Gasteiger partial charge in [-0.2, -0.15) is 4.31 Å². The summed E-state index contributed by atoms with van der Waals surface area (Å²) < 4.78 is 31.5. The van der Waals surface area contributed by atoms with Gasteiger partial charge in [-0.05, 0) is 49.4 Å². The summed E-state index contributed by atoms with van der Waals surface area (Å²) in [5.74, 6) is 1.03. The van der Waals surface area contributed by atoms with Crippen LogP contribution in [0.2, 0.25) is 0 Å². The molecule has 0 aliphatic carbocycles. The number of hydrogen-bond donors (Lipinski definition) is 1. The van der Waals surface area contributed by atoms with Crippen molar-refractivity contribution >= 4 is 27.7 Å². The third-order valence-electron chi connectivity index (χ3n) is 3.63. The summed E-state index contributed by atoms with van der Waals surface area (Å²) in [4.78, 5) is 12.1. The minimum atomic E-state index is -3.50. The lowest BCUT2D eigenvalue weighted by Crippen LogP contribution is -2.30. The molecule has 0 fully saturated rings. The van der Waals surface area contributed by atoms with E-state index < -0.39 is 10.0 Å². The molecule has 134 valence electrons. The Balaban J connectivity index is 2.05. The second-order valence-corrected chi connectivity index (χ2v) is 7.32. The molecule has 25 heavy (non-hydrogen) atoms. The van der Waals surface area contributed by atoms with Crippen LogP contribution < -0.4 is 5.32 Å². The Morgan fingerprint density at radius 3 is 2.28 bits per heavy atom. The summed E-state index contributed by atoms with van der Waals surface area (Å²) in [6.07, 6.45) is 2.93. The van der Waals surface area contributed by atoms with Crippen LogP contribution in [-0.4, -0.2) is 31.7 Å². The Morgan fingerprint density at radius 2 is 1.76 bits per heavy atom. The number of aryl methyl sites for hydroxylation is 1. The van der Waals surface area contributed by atoms with Crippen LogP contribution in [0.25, 0.3) is 6.08 Å². The van der Waals surface area contributed by atoms with Gasteiger partial charge in [-0.1, -0.05) is 13.8 Å². The van der Waals surface area contributed by atoms with Crippen LogP contribution in [0.3, 0.4) is 0 Å². The van der Waals surface area contributed by atoms with Crippen LogP contribution in [0.5, 0.6) is 0 Å². The van der Waals surface area contributed by atoms with Crippen molar-refractivity contribution in [3.8, 4) is 0 Å². The van der Waals surface area contributed by atoms with E-state index in [0.717, 1.165) is 5.76 Å². The van der Waals surface area contributed by atoms with Crippen molar-refractivity contribution < 1.29 is 17.6 Å². The number of benzene rings is 1. The van der Waals surface area contributed by atoms with Crippen molar-refractivity contribution in [2.24, 2.45) is 0 Å². The van der Waals surface area contributed by atoms with E-state index in [0.29, 0.717) is 24.5 Å². The number of sulfonamides is 1. The molecule has 2 aromatic rings. The van der Waals surface area contributed by atoms with Crippen molar-refractivity contribution in [3.63, 3.8) is 0 Å². The predicted molar refractivity (Wildman–Crippen MR) is 97.7 cm³/mol. The molecule has 1 N–H and O–H groups in total. The summed E-state index contributed by atoms with van der Waals surface area (Å²) in [6, 6.07) is 9.70. The standard InChI is InChI=1S/C18H22N2O4S/c1-4-20(5-2)25(22,23)17-11-7-15(8-12-17)19-18(21)13-10-16-9-6-14(3)24-16/h6-13H,4-5H2,1-3H3,(H,19,21)/b13-10+. The maximum Gasteiger partial charge on any atom is 0.248 e. The van der Waals surface area contributed by atoms with Gasteiger partial charge in [0, 0.05) is 24.9 Å². The first kappa shape index (κ1) is 19.0. The van der Waals surface area contributed by atoms with Gasteiger partial charge in [0.25, 0.3) is 0 Å². The lowest BCUT2D eigenvalue weighted by atomic mass is 10.3. The SMILES string of the molecule is CCN(CC)S(=O)(=O)c1ccc(NC(=O)/C=C/c2ccc(C)o2)cc1. The highest BCUT2D eigenvalue weighted by Gasteiger charge is 2.21. The number of nitrogens with one attached hydrogen (secondary N) is 1. The molecule has 6 nitrogen and oxygen atoms in total. The van der Waals surface area contributed by atoms with Crippen molar-refractivity contribution in [2.75, 3.05) is 18.4 Å². The Morgan fingerprint density at radius 1 is 1.12 bits per heavy atom. The largest absolute Gasteiger partial charge is 0.462 e. The van der Waals surface area contributed by atoms with Crippen LogP contribution in [-0.2, 0) is 14.8 Å². The molecule has 0 aliphatic heterocycles. The maximum atomic E-state index is 12.4. The number of anilines is 1. The third kappa shape index (κ3) is 4.80. The molecule has 1 aromatic heterocycles. The molecule has 0 saturated heterocycles. The fourth-order valence-corrected chi connectivity index (χ4v) is 3.77. The van der Waals surface area contributed by atoms with Gasteiger partial charge in [0.05, 0.1) is 4.90 Å². The van der Waals surface area contributed by atoms with Crippen molar-refractivity contribution in [1.29, 1.82) is 0 Å². The van der Waals surface area contributed by atoms with E-state index in [4.69, 9.17) is 4.42 Å². The highest BCUT2D eigenvalue weighted by atomic mass is 32.2. The molecule has 2 rings (SSSR count). The first-order chi connectivity index (χ1) is 11.9. The smallest absolute Gasteiger partial charge is 0.248 e. The topological polar surface area (TPSA) is 79.6 Å². The summed E-state index contributed by atoms with van der Waals surface area (Å²) in [6.45, 7) is 6.24. The highest BCUT2D eigenvalue weighted by Crippen LogP contribution is 2.18. The minimum Gasteiger partial charge on any atom is -0.462 e. The van der Waals surface area contributed by atoms with Crippen LogP contribution in [0.15, 0.2) is 51.8 Å². The Labute approximate surface area is 148 Å². The molecular weight excluding hydrogens is 340 g/mol. The van der Waals surface area contributed by atoms with E-state index in [-0.39, 0.29) is 10.8 Å². The van der Waals surface area contributed by atoms with E-state index >= 15 is 0 Å². The number of amides is 1. The number of carbonyl (C=O) groups excluding carboxylic acids is 1. The molecular formula is C18H22N2O4S. The zero-order valence-electron chi connectivity index (χ0n) is 14.5. The van der Waals surface area contributed by atoms with E-state index in [1.807, 2.05) is 13.0 Å². The molecule has 0 unspecified atom stereocenters. The summed E-state index contributed by atoms with van der Waals surface area (Å²) in [5.41, 5.74) is 0.517.